The molecule has 5 heteroatoms. The van der Waals surface area contributed by atoms with Gasteiger partial charge in [-0.1, -0.05) is 152 Å². The topological polar surface area (TPSA) is 47.3 Å². The van der Waals surface area contributed by atoms with Gasteiger partial charge in [0, 0.05) is 26.9 Å². The number of aromatic nitrogens is 3. The van der Waals surface area contributed by atoms with Crippen LogP contribution in [-0.2, 0) is 4.57 Å². The Bertz CT molecular complexity index is 2950. The molecule has 2 aromatic heterocycles. The van der Waals surface area contributed by atoms with Crippen molar-refractivity contribution in [3.8, 4) is 22.5 Å². The quantitative estimate of drug-likeness (QED) is 0.135. The summed E-state index contributed by atoms with van der Waals surface area (Å²) in [6.07, 6.45) is 0. The number of rotatable bonds is 5. The van der Waals surface area contributed by atoms with Crippen LogP contribution >= 0.6 is 7.14 Å². The summed E-state index contributed by atoms with van der Waals surface area (Å²) in [5, 5.41) is 8.18. The molecule has 0 saturated carbocycles. The second kappa shape index (κ2) is 11.6. The highest BCUT2D eigenvalue weighted by atomic mass is 31.2. The zero-order chi connectivity index (χ0) is 33.9. The van der Waals surface area contributed by atoms with Crippen molar-refractivity contribution < 1.29 is 4.57 Å². The number of fused-ring (bicyclic) bond motifs is 8. The first-order valence-corrected chi connectivity index (χ1v) is 18.8. The van der Waals surface area contributed by atoms with E-state index in [1.807, 2.05) is 78.9 Å². The molecule has 0 aliphatic carbocycles. The van der Waals surface area contributed by atoms with Crippen molar-refractivity contribution >= 4 is 72.2 Å². The second-order valence-electron chi connectivity index (χ2n) is 12.9. The predicted octanol–water partition coefficient (Wildman–Crippen LogP) is 10.3. The second-order valence-corrected chi connectivity index (χ2v) is 15.7. The molecule has 0 amide bonds. The van der Waals surface area contributed by atoms with Gasteiger partial charge in [0.05, 0.1) is 16.6 Å². The molecule has 2 heterocycles. The largest absolute Gasteiger partial charge is 0.309 e. The number of imidazole rings is 1. The van der Waals surface area contributed by atoms with Gasteiger partial charge >= 0.3 is 0 Å². The highest BCUT2D eigenvalue weighted by Crippen LogP contribution is 2.43. The molecule has 0 fully saturated rings. The fourth-order valence-corrected chi connectivity index (χ4v) is 10.2. The maximum atomic E-state index is 15.0. The maximum absolute atomic E-state index is 15.0. The lowest BCUT2D eigenvalue weighted by atomic mass is 9.96. The Balaban J connectivity index is 1.16. The van der Waals surface area contributed by atoms with Crippen molar-refractivity contribution in [3.63, 3.8) is 0 Å². The van der Waals surface area contributed by atoms with Crippen molar-refractivity contribution in [2.24, 2.45) is 0 Å². The predicted molar refractivity (Wildman–Crippen MR) is 213 cm³/mol. The van der Waals surface area contributed by atoms with E-state index in [9.17, 15) is 4.57 Å². The average Bonchev–Trinajstić information content (AvgIpc) is 3.61. The SMILES string of the molecule is O=P(c1ccccc1)(c1ccccc1)c1ccc(-c2ccc3nc(-c4cc5ccccc5c5ccccc45)n4c5ccccc5nc4c3c2)cc1. The van der Waals surface area contributed by atoms with E-state index in [-0.39, 0.29) is 0 Å². The van der Waals surface area contributed by atoms with Crippen LogP contribution < -0.4 is 15.9 Å². The van der Waals surface area contributed by atoms with Gasteiger partial charge in [-0.2, -0.15) is 0 Å². The fraction of sp³-hybridized carbons (Fsp3) is 0. The number of nitrogens with zero attached hydrogens (tertiary/aromatic N) is 3. The standard InChI is InChI=1S/C46H30N3OP/c50-51(34-14-3-1-4-15-34,35-16-5-2-6-17-35)36-26-23-31(24-27-36)32-25-28-42-41(29-32)46-48-43-21-11-12-22-44(43)49(46)45(47-42)40-30-33-13-7-8-18-37(33)38-19-9-10-20-39(38)40/h1-30H. The van der Waals surface area contributed by atoms with Crippen LogP contribution in [0.5, 0.6) is 0 Å². The zero-order valence-electron chi connectivity index (χ0n) is 27.5. The van der Waals surface area contributed by atoms with Gasteiger partial charge in [-0.15, -0.1) is 0 Å². The van der Waals surface area contributed by atoms with Crippen LogP contribution in [0.1, 0.15) is 0 Å². The Morgan fingerprint density at radius 3 is 1.76 bits per heavy atom. The minimum atomic E-state index is -3.07. The lowest BCUT2D eigenvalue weighted by molar-refractivity contribution is 0.592. The van der Waals surface area contributed by atoms with Crippen molar-refractivity contribution in [1.82, 2.24) is 14.4 Å². The van der Waals surface area contributed by atoms with Crippen LogP contribution in [0.15, 0.2) is 182 Å². The normalized spacial score (nSPS) is 12.0. The Labute approximate surface area is 294 Å². The van der Waals surface area contributed by atoms with Gasteiger partial charge in [0.1, 0.15) is 11.5 Å². The van der Waals surface area contributed by atoms with Gasteiger partial charge in [0.25, 0.3) is 0 Å². The molecule has 0 saturated heterocycles. The van der Waals surface area contributed by atoms with Crippen LogP contribution in [-0.4, -0.2) is 14.4 Å². The van der Waals surface area contributed by atoms with Gasteiger partial charge in [-0.05, 0) is 63.0 Å². The molecular weight excluding hydrogens is 642 g/mol. The smallest absolute Gasteiger partial charge is 0.171 e. The summed E-state index contributed by atoms with van der Waals surface area (Å²) >= 11 is 0. The maximum Gasteiger partial charge on any atom is 0.171 e. The van der Waals surface area contributed by atoms with Gasteiger partial charge in [0.2, 0.25) is 0 Å². The molecule has 0 unspecified atom stereocenters. The van der Waals surface area contributed by atoms with Crippen molar-refractivity contribution in [2.75, 3.05) is 0 Å². The molecule has 0 bridgehead atoms. The summed E-state index contributed by atoms with van der Waals surface area (Å²) in [5.41, 5.74) is 6.83. The minimum absolute atomic E-state index is 0.806. The van der Waals surface area contributed by atoms with Crippen molar-refractivity contribution in [2.45, 2.75) is 0 Å². The van der Waals surface area contributed by atoms with E-state index >= 15 is 0 Å². The molecule has 10 rings (SSSR count). The lowest BCUT2D eigenvalue weighted by Crippen LogP contribution is -2.24. The third-order valence-electron chi connectivity index (χ3n) is 10.0. The molecule has 10 aromatic rings. The Morgan fingerprint density at radius 2 is 1.02 bits per heavy atom. The molecule has 0 spiro atoms. The first kappa shape index (κ1) is 29.6. The highest BCUT2D eigenvalue weighted by Gasteiger charge is 2.29. The van der Waals surface area contributed by atoms with Gasteiger partial charge in [-0.25, -0.2) is 9.97 Å². The molecule has 4 nitrogen and oxygen atoms in total. The number of hydrogen-bond acceptors (Lipinski definition) is 3. The molecular formula is C46H30N3OP. The summed E-state index contributed by atoms with van der Waals surface area (Å²) in [7, 11) is -3.07. The molecule has 8 aromatic carbocycles. The monoisotopic (exact) mass is 671 g/mol. The average molecular weight is 672 g/mol. The molecule has 0 aliphatic heterocycles. The van der Waals surface area contributed by atoms with E-state index < -0.39 is 7.14 Å². The summed E-state index contributed by atoms with van der Waals surface area (Å²) in [5.74, 6) is 0.864. The van der Waals surface area contributed by atoms with Crippen LogP contribution in [0.3, 0.4) is 0 Å². The van der Waals surface area contributed by atoms with Gasteiger partial charge < -0.3 is 4.57 Å². The number of para-hydroxylation sites is 2. The minimum Gasteiger partial charge on any atom is -0.309 e. The van der Waals surface area contributed by atoms with E-state index in [4.69, 9.17) is 9.97 Å². The number of hydrogen-bond donors (Lipinski definition) is 0. The van der Waals surface area contributed by atoms with Crippen LogP contribution in [0.2, 0.25) is 0 Å². The summed E-state index contributed by atoms with van der Waals surface area (Å²) in [4.78, 5) is 10.6. The molecule has 240 valence electrons. The van der Waals surface area contributed by atoms with E-state index in [0.717, 1.165) is 71.4 Å². The lowest BCUT2D eigenvalue weighted by Gasteiger charge is -2.20. The Kier molecular flexibility index (Phi) is 6.74. The molecule has 51 heavy (non-hydrogen) atoms. The molecule has 0 N–H and O–H groups in total. The summed E-state index contributed by atoms with van der Waals surface area (Å²) in [6.45, 7) is 0. The number of benzene rings is 8. The first-order chi connectivity index (χ1) is 25.2. The third kappa shape index (κ3) is 4.65. The molecule has 0 radical (unpaired) electrons. The molecule has 0 aliphatic rings. The zero-order valence-corrected chi connectivity index (χ0v) is 28.4. The Morgan fingerprint density at radius 1 is 0.431 bits per heavy atom. The van der Waals surface area contributed by atoms with Crippen LogP contribution in [0.4, 0.5) is 0 Å². The van der Waals surface area contributed by atoms with E-state index in [1.165, 1.54) is 16.2 Å². The van der Waals surface area contributed by atoms with Crippen LogP contribution in [0.25, 0.3) is 71.6 Å². The Hall–Kier alpha value is -6.35. The van der Waals surface area contributed by atoms with Gasteiger partial charge in [-0.3, -0.25) is 4.40 Å². The van der Waals surface area contributed by atoms with Crippen LogP contribution in [0, 0.1) is 0 Å². The van der Waals surface area contributed by atoms with E-state index in [1.54, 1.807) is 0 Å². The van der Waals surface area contributed by atoms with E-state index in [2.05, 4.69) is 108 Å². The first-order valence-electron chi connectivity index (χ1n) is 17.1. The summed E-state index contributed by atoms with van der Waals surface area (Å²) < 4.78 is 17.2. The van der Waals surface area contributed by atoms with Crippen molar-refractivity contribution in [3.05, 3.63) is 182 Å². The third-order valence-corrected chi connectivity index (χ3v) is 13.1. The van der Waals surface area contributed by atoms with E-state index in [0.29, 0.717) is 0 Å². The highest BCUT2D eigenvalue weighted by molar-refractivity contribution is 7.85. The van der Waals surface area contributed by atoms with Crippen molar-refractivity contribution in [1.29, 1.82) is 0 Å². The molecule has 0 atom stereocenters. The van der Waals surface area contributed by atoms with Gasteiger partial charge in [0.15, 0.2) is 7.14 Å². The fourth-order valence-electron chi connectivity index (χ4n) is 7.58. The summed E-state index contributed by atoms with van der Waals surface area (Å²) in [6, 6.07) is 61.9.